The minimum absolute atomic E-state index is 0.247. The van der Waals surface area contributed by atoms with Gasteiger partial charge in [-0.3, -0.25) is 4.99 Å². The lowest BCUT2D eigenvalue weighted by Crippen LogP contribution is -2.16. The molecule has 10 aromatic rings. The van der Waals surface area contributed by atoms with Crippen LogP contribution in [-0.2, 0) is 6.42 Å². The first-order valence-corrected chi connectivity index (χ1v) is 20.3. The van der Waals surface area contributed by atoms with Crippen molar-refractivity contribution < 1.29 is 0 Å². The highest BCUT2D eigenvalue weighted by Gasteiger charge is 2.32. The van der Waals surface area contributed by atoms with E-state index in [1.165, 1.54) is 99.1 Å². The lowest BCUT2D eigenvalue weighted by atomic mass is 9.81. The summed E-state index contributed by atoms with van der Waals surface area (Å²) in [5.41, 5.74) is 17.3. The molecule has 2 nitrogen and oxygen atoms in total. The molecule has 0 bridgehead atoms. The van der Waals surface area contributed by atoms with Crippen LogP contribution in [0.2, 0.25) is 0 Å². The molecule has 266 valence electrons. The molecule has 2 aliphatic rings. The second kappa shape index (κ2) is 12.5. The van der Waals surface area contributed by atoms with Crippen LogP contribution in [0, 0.1) is 0 Å². The van der Waals surface area contributed by atoms with Crippen LogP contribution in [0.15, 0.2) is 175 Å². The van der Waals surface area contributed by atoms with Crippen LogP contribution in [-0.4, -0.2) is 10.1 Å². The Morgan fingerprint density at radius 1 is 0.500 bits per heavy atom. The van der Waals surface area contributed by atoms with E-state index in [0.29, 0.717) is 5.92 Å². The molecular weight excluding hydrogens is 677 g/mol. The van der Waals surface area contributed by atoms with Crippen molar-refractivity contribution in [3.63, 3.8) is 0 Å². The molecule has 0 amide bonds. The third-order valence-electron chi connectivity index (χ3n) is 13.1. The zero-order chi connectivity index (χ0) is 36.7. The molecule has 1 aliphatic carbocycles. The Hall–Kier alpha value is -6.51. The number of rotatable bonds is 3. The first-order valence-electron chi connectivity index (χ1n) is 20.3. The Kier molecular flexibility index (Phi) is 7.11. The summed E-state index contributed by atoms with van der Waals surface area (Å²) < 4.78 is 2.57. The monoisotopic (exact) mass is 716 g/mol. The molecule has 2 aromatic heterocycles. The molecule has 0 fully saturated rings. The quantitative estimate of drug-likeness (QED) is 0.173. The van der Waals surface area contributed by atoms with Crippen LogP contribution in [0.3, 0.4) is 0 Å². The summed E-state index contributed by atoms with van der Waals surface area (Å²) in [4.78, 5) is 5.69. The molecule has 12 rings (SSSR count). The average Bonchev–Trinajstić information content (AvgIpc) is 3.71. The van der Waals surface area contributed by atoms with E-state index in [1.807, 2.05) is 0 Å². The number of hydrogen-bond donors (Lipinski definition) is 0. The van der Waals surface area contributed by atoms with Crippen molar-refractivity contribution >= 4 is 60.3 Å². The molecule has 0 spiro atoms. The number of aryl methyl sites for hydroxylation is 1. The maximum atomic E-state index is 5.69. The number of fused-ring (bicyclic) bond motifs is 13. The summed E-state index contributed by atoms with van der Waals surface area (Å²) in [5.74, 6) is 0.566. The predicted molar refractivity (Wildman–Crippen MR) is 236 cm³/mol. The summed E-state index contributed by atoms with van der Waals surface area (Å²) in [6.45, 7) is 0. The third kappa shape index (κ3) is 4.72. The first kappa shape index (κ1) is 31.8. The Morgan fingerprint density at radius 2 is 1.23 bits per heavy atom. The summed E-state index contributed by atoms with van der Waals surface area (Å²) in [7, 11) is 0. The molecule has 2 unspecified atom stereocenters. The summed E-state index contributed by atoms with van der Waals surface area (Å²) in [5, 5.41) is 8.04. The van der Waals surface area contributed by atoms with E-state index in [0.717, 1.165) is 37.8 Å². The van der Waals surface area contributed by atoms with Gasteiger partial charge in [0.15, 0.2) is 0 Å². The van der Waals surface area contributed by atoms with Crippen molar-refractivity contribution in [3.8, 4) is 22.3 Å². The largest absolute Gasteiger partial charge is 0.307 e. The normalized spacial score (nSPS) is 17.0. The third-order valence-corrected chi connectivity index (χ3v) is 13.1. The van der Waals surface area contributed by atoms with Gasteiger partial charge in [-0.2, -0.15) is 0 Å². The topological polar surface area (TPSA) is 16.8 Å². The Labute approximate surface area is 326 Å². The van der Waals surface area contributed by atoms with Crippen molar-refractivity contribution in [1.29, 1.82) is 0 Å². The number of para-hydroxylation sites is 2. The molecular formula is C54H40N2. The first-order chi connectivity index (χ1) is 27.8. The van der Waals surface area contributed by atoms with Crippen molar-refractivity contribution in [1.82, 2.24) is 4.40 Å². The van der Waals surface area contributed by atoms with Gasteiger partial charge >= 0.3 is 0 Å². The van der Waals surface area contributed by atoms with Gasteiger partial charge in [0.25, 0.3) is 0 Å². The van der Waals surface area contributed by atoms with Gasteiger partial charge in [0.1, 0.15) is 0 Å². The molecule has 2 atom stereocenters. The minimum Gasteiger partial charge on any atom is -0.307 e. The Balaban J connectivity index is 1.02. The SMILES string of the molecule is c1ccc(-c2ccc(C3CCCC(C4CCc5cc6c7ccccc7n7c8c9ccccc9ccc8c(c5-c5ccccc54)c67)=Nc4ccccc43)cc2)cc1. The number of aliphatic imine (C=N–C) groups is 1. The fourth-order valence-corrected chi connectivity index (χ4v) is 10.6. The van der Waals surface area contributed by atoms with Crippen molar-refractivity contribution in [2.75, 3.05) is 0 Å². The van der Waals surface area contributed by atoms with Gasteiger partial charge in [0.05, 0.1) is 22.2 Å². The molecule has 0 radical (unpaired) electrons. The van der Waals surface area contributed by atoms with E-state index in [9.17, 15) is 0 Å². The van der Waals surface area contributed by atoms with E-state index in [4.69, 9.17) is 4.99 Å². The number of nitrogens with zero attached hydrogens (tertiary/aromatic N) is 2. The van der Waals surface area contributed by atoms with Crippen LogP contribution in [0.4, 0.5) is 5.69 Å². The number of benzene rings is 8. The van der Waals surface area contributed by atoms with Gasteiger partial charge in [-0.05, 0) is 100 Å². The van der Waals surface area contributed by atoms with E-state index < -0.39 is 0 Å². The fourth-order valence-electron chi connectivity index (χ4n) is 10.6. The molecule has 1 aliphatic heterocycles. The van der Waals surface area contributed by atoms with Crippen LogP contribution in [0.5, 0.6) is 0 Å². The van der Waals surface area contributed by atoms with Gasteiger partial charge in [0, 0.05) is 44.5 Å². The molecule has 2 heteroatoms. The summed E-state index contributed by atoms with van der Waals surface area (Å²) in [6, 6.07) is 63.4. The summed E-state index contributed by atoms with van der Waals surface area (Å²) >= 11 is 0. The van der Waals surface area contributed by atoms with Gasteiger partial charge in [-0.15, -0.1) is 0 Å². The maximum absolute atomic E-state index is 5.69. The molecule has 3 heterocycles. The fraction of sp³-hybridized carbons (Fsp3) is 0.130. The number of hydrogen-bond acceptors (Lipinski definition) is 1. The minimum atomic E-state index is 0.247. The standard InChI is InChI=1S/C54H40N2/c1-2-13-34(14-3-1)35-25-27-37(28-26-35)39-21-12-23-49(55-48-22-10-8-18-42(39)48)43-31-30-38-33-47-44-19-9-11-24-50(44)56-53-40-16-5-4-15-36(40)29-32-46(53)52(54(47)56)51(38)45-20-7-6-17-41(43)45/h1-11,13-20,22,24-29,32-33,39,43H,12,21,23,30-31H2. The van der Waals surface area contributed by atoms with Crippen molar-refractivity contribution in [3.05, 3.63) is 192 Å². The van der Waals surface area contributed by atoms with E-state index in [2.05, 4.69) is 174 Å². The van der Waals surface area contributed by atoms with Gasteiger partial charge in [-0.1, -0.05) is 152 Å². The Morgan fingerprint density at radius 3 is 2.12 bits per heavy atom. The highest BCUT2D eigenvalue weighted by atomic mass is 14.9. The predicted octanol–water partition coefficient (Wildman–Crippen LogP) is 14.4. The van der Waals surface area contributed by atoms with E-state index in [1.54, 1.807) is 0 Å². The van der Waals surface area contributed by atoms with Gasteiger partial charge in [-0.25, -0.2) is 0 Å². The molecule has 0 saturated carbocycles. The Bertz CT molecular complexity index is 3170. The molecule has 56 heavy (non-hydrogen) atoms. The zero-order valence-electron chi connectivity index (χ0n) is 31.3. The second-order valence-corrected chi connectivity index (χ2v) is 16.0. The molecule has 0 saturated heterocycles. The maximum Gasteiger partial charge on any atom is 0.0667 e. The van der Waals surface area contributed by atoms with Crippen LogP contribution in [0.1, 0.15) is 59.8 Å². The lowest BCUT2D eigenvalue weighted by Gasteiger charge is -2.26. The average molecular weight is 717 g/mol. The lowest BCUT2D eigenvalue weighted by molar-refractivity contribution is 0.658. The van der Waals surface area contributed by atoms with E-state index >= 15 is 0 Å². The highest BCUT2D eigenvalue weighted by molar-refractivity contribution is 6.31. The van der Waals surface area contributed by atoms with Crippen molar-refractivity contribution in [2.45, 2.75) is 43.9 Å². The highest BCUT2D eigenvalue weighted by Crippen LogP contribution is 2.51. The van der Waals surface area contributed by atoms with Crippen LogP contribution >= 0.6 is 0 Å². The van der Waals surface area contributed by atoms with Gasteiger partial charge in [0.2, 0.25) is 0 Å². The molecule has 0 N–H and O–H groups in total. The summed E-state index contributed by atoms with van der Waals surface area (Å²) in [6.07, 6.45) is 5.27. The zero-order valence-corrected chi connectivity index (χ0v) is 31.3. The van der Waals surface area contributed by atoms with Gasteiger partial charge < -0.3 is 4.40 Å². The smallest absolute Gasteiger partial charge is 0.0667 e. The van der Waals surface area contributed by atoms with Crippen LogP contribution < -0.4 is 0 Å². The second-order valence-electron chi connectivity index (χ2n) is 16.0. The number of aromatic nitrogens is 1. The van der Waals surface area contributed by atoms with E-state index in [-0.39, 0.29) is 5.92 Å². The van der Waals surface area contributed by atoms with Crippen molar-refractivity contribution in [2.24, 2.45) is 4.99 Å². The molecule has 8 aromatic carbocycles. The van der Waals surface area contributed by atoms with Crippen LogP contribution in [0.25, 0.3) is 71.1 Å².